The van der Waals surface area contributed by atoms with E-state index in [1.54, 1.807) is 12.1 Å². The molecular weight excluding hydrogens is 955 g/mol. The van der Waals surface area contributed by atoms with Crippen molar-refractivity contribution in [1.29, 1.82) is 0 Å². The van der Waals surface area contributed by atoms with Gasteiger partial charge < -0.3 is 48.6 Å². The number of methoxy groups -OCH3 is 1. The normalized spacial score (nSPS) is 13.6. The van der Waals surface area contributed by atoms with Gasteiger partial charge in [0, 0.05) is 11.1 Å². The molecule has 0 atom stereocenters. The lowest BCUT2D eigenvalue weighted by Crippen LogP contribution is -2.28. The Labute approximate surface area is 397 Å². The van der Waals surface area contributed by atoms with Crippen LogP contribution in [0.4, 0.5) is 0 Å². The smallest absolute Gasteiger partial charge is 0.204 e. The van der Waals surface area contributed by atoms with Crippen LogP contribution < -0.4 is 25.1 Å². The van der Waals surface area contributed by atoms with Crippen LogP contribution >= 0.6 is 22.6 Å². The van der Waals surface area contributed by atoms with Gasteiger partial charge in [-0.2, -0.15) is 0 Å². The Morgan fingerprint density at radius 2 is 1.05 bits per heavy atom. The van der Waals surface area contributed by atoms with Crippen LogP contribution in [-0.2, 0) is 12.8 Å². The number of phenols is 5. The summed E-state index contributed by atoms with van der Waals surface area (Å²) in [6.07, 6.45) is 14.9. The highest BCUT2D eigenvalue weighted by molar-refractivity contribution is 14.1. The van der Waals surface area contributed by atoms with Gasteiger partial charge in [0.2, 0.25) is 10.9 Å². The number of hydrogen-bond acceptors (Lipinski definition) is 12. The van der Waals surface area contributed by atoms with E-state index < -0.39 is 22.1 Å². The number of alkyl halides is 1. The van der Waals surface area contributed by atoms with Crippen LogP contribution in [-0.4, -0.2) is 48.8 Å². The number of benzene rings is 4. The summed E-state index contributed by atoms with van der Waals surface area (Å²) in [4.78, 5) is 28.9. The number of halogens is 1. The minimum atomic E-state index is -0.573. The first-order valence-electron chi connectivity index (χ1n) is 20.7. The molecule has 0 fully saturated rings. The first-order valence-corrected chi connectivity index (χ1v) is 22.8. The maximum absolute atomic E-state index is 13.5. The van der Waals surface area contributed by atoms with Crippen LogP contribution in [0.5, 0.6) is 46.0 Å². The summed E-state index contributed by atoms with van der Waals surface area (Å²) in [5.74, 6) is 0.221. The van der Waals surface area contributed by atoms with E-state index >= 15 is 0 Å². The highest BCUT2D eigenvalue weighted by Crippen LogP contribution is 2.47. The molecular formula is C53H57IO12. The molecule has 348 valence electrons. The summed E-state index contributed by atoms with van der Waals surface area (Å²) < 4.78 is 29.1. The number of allylic oxidation sites excluding steroid dienone is 4. The minimum absolute atomic E-state index is 0. The molecule has 0 saturated heterocycles. The quantitative estimate of drug-likeness (QED) is 0.0441. The van der Waals surface area contributed by atoms with Gasteiger partial charge in [-0.3, -0.25) is 9.59 Å². The van der Waals surface area contributed by atoms with Crippen LogP contribution in [0.15, 0.2) is 103 Å². The fraction of sp³-hybridized carbons (Fsp3) is 0.283. The van der Waals surface area contributed by atoms with Crippen LogP contribution in [0.1, 0.15) is 85.1 Å². The summed E-state index contributed by atoms with van der Waals surface area (Å²) in [6.45, 7) is 15.5. The third kappa shape index (κ3) is 9.96. The molecule has 12 nitrogen and oxygen atoms in total. The lowest BCUT2D eigenvalue weighted by molar-refractivity contribution is 0.156. The van der Waals surface area contributed by atoms with Gasteiger partial charge in [-0.15, -0.1) is 0 Å². The lowest BCUT2D eigenvalue weighted by atomic mass is 9.93. The van der Waals surface area contributed by atoms with E-state index in [9.17, 15) is 35.1 Å². The Balaban J connectivity index is 0.000000235. The third-order valence-corrected chi connectivity index (χ3v) is 10.8. The van der Waals surface area contributed by atoms with Gasteiger partial charge in [-0.25, -0.2) is 0 Å². The number of hydrogen-bond donors (Lipinski definition) is 5. The second kappa shape index (κ2) is 19.9. The molecule has 4 aromatic carbocycles. The van der Waals surface area contributed by atoms with Crippen molar-refractivity contribution in [3.05, 3.63) is 127 Å². The predicted octanol–water partition coefficient (Wildman–Crippen LogP) is 12.5. The highest BCUT2D eigenvalue weighted by Gasteiger charge is 2.32. The molecule has 66 heavy (non-hydrogen) atoms. The van der Waals surface area contributed by atoms with Gasteiger partial charge in [0.05, 0.1) is 29.4 Å². The molecule has 0 aliphatic carbocycles. The predicted molar refractivity (Wildman–Crippen MR) is 271 cm³/mol. The van der Waals surface area contributed by atoms with Gasteiger partial charge >= 0.3 is 0 Å². The van der Waals surface area contributed by atoms with Gasteiger partial charge in [-0.1, -0.05) is 65.4 Å². The van der Waals surface area contributed by atoms with Gasteiger partial charge in [0.15, 0.2) is 34.2 Å². The SMILES string of the molecule is C.CC(C)=CCc1c2c(c3occ(-c4ccc(O)c(O)c4)c(=O)c3c1O)C=CC(C)(C)O2.CI.COc1ccc(-c2coc3c4c(c(CC=C(C)C)c(O)c3c2=O)OC(C)(C)C=C4)cc1O. The topological polar surface area (TPSA) is 189 Å². The van der Waals surface area contributed by atoms with Crippen molar-refractivity contribution < 1.29 is 48.6 Å². The van der Waals surface area contributed by atoms with Gasteiger partial charge in [0.25, 0.3) is 0 Å². The summed E-state index contributed by atoms with van der Waals surface area (Å²) in [7, 11) is 1.45. The molecule has 2 aliphatic rings. The molecule has 0 bridgehead atoms. The fourth-order valence-electron chi connectivity index (χ4n) is 7.45. The van der Waals surface area contributed by atoms with Crippen LogP contribution in [0.3, 0.4) is 0 Å². The standard InChI is InChI=1S/C26H26O6.C25H24O6.CH3I.CH4/c1-14(2)6-8-16-22(28)21-23(29)18(15-7-9-20(30-5)19(27)12-15)13-31-25(21)17-10-11-26(3,4)32-24(16)17;1-13(2)5-7-15-21(28)20-22(29)17(14-6-8-18(26)19(27)11-14)12-30-24(20)16-9-10-25(3,4)31-23(15)16;1-2;/h6-7,9-13,27-28H,8H2,1-5H3;5-6,8-12,26-28H,7H2,1-4H3;1H3;1H4. The van der Waals surface area contributed by atoms with E-state index in [2.05, 4.69) is 22.6 Å². The van der Waals surface area contributed by atoms with Crippen molar-refractivity contribution in [2.24, 2.45) is 0 Å². The maximum Gasteiger partial charge on any atom is 0.204 e. The Morgan fingerprint density at radius 1 is 0.636 bits per heavy atom. The van der Waals surface area contributed by atoms with E-state index in [0.29, 0.717) is 63.5 Å². The van der Waals surface area contributed by atoms with Crippen LogP contribution in [0.2, 0.25) is 0 Å². The molecule has 0 amide bonds. The molecule has 0 unspecified atom stereocenters. The molecule has 2 aromatic heterocycles. The Hall–Kier alpha value is -6.61. The van der Waals surface area contributed by atoms with E-state index in [1.807, 2.05) is 96.8 Å². The molecule has 0 saturated carbocycles. The Bertz CT molecular complexity index is 3080. The fourth-order valence-corrected chi connectivity index (χ4v) is 7.45. The lowest BCUT2D eigenvalue weighted by Gasteiger charge is -2.30. The van der Waals surface area contributed by atoms with E-state index in [4.69, 9.17) is 23.0 Å². The van der Waals surface area contributed by atoms with Crippen molar-refractivity contribution in [2.45, 2.75) is 86.9 Å². The Morgan fingerprint density at radius 3 is 1.42 bits per heavy atom. The highest BCUT2D eigenvalue weighted by atomic mass is 127. The molecule has 0 radical (unpaired) electrons. The van der Waals surface area contributed by atoms with Crippen molar-refractivity contribution >= 4 is 56.7 Å². The number of rotatable bonds is 7. The van der Waals surface area contributed by atoms with E-state index in [-0.39, 0.29) is 69.2 Å². The molecule has 0 spiro atoms. The molecule has 5 N–H and O–H groups in total. The molecule has 2 aliphatic heterocycles. The van der Waals surface area contributed by atoms with E-state index in [1.165, 1.54) is 43.9 Å². The molecule has 4 heterocycles. The summed E-state index contributed by atoms with van der Waals surface area (Å²) in [5, 5.41) is 52.1. The number of aromatic hydroxyl groups is 5. The van der Waals surface area contributed by atoms with Crippen molar-refractivity contribution in [3.8, 4) is 68.2 Å². The average Bonchev–Trinajstić information content (AvgIpc) is 3.24. The number of phenolic OH excluding ortho intramolecular Hbond substituents is 5. The van der Waals surface area contributed by atoms with Crippen LogP contribution in [0.25, 0.3) is 56.3 Å². The van der Waals surface area contributed by atoms with E-state index in [0.717, 1.165) is 11.1 Å². The largest absolute Gasteiger partial charge is 0.507 e. The first-order chi connectivity index (χ1) is 30.7. The Kier molecular flexibility index (Phi) is 15.2. The van der Waals surface area contributed by atoms with Crippen molar-refractivity contribution in [3.63, 3.8) is 0 Å². The minimum Gasteiger partial charge on any atom is -0.507 e. The zero-order chi connectivity index (χ0) is 47.7. The number of fused-ring (bicyclic) bond motifs is 6. The van der Waals surface area contributed by atoms with Crippen molar-refractivity contribution in [1.82, 2.24) is 0 Å². The molecule has 8 rings (SSSR count). The zero-order valence-corrected chi connectivity index (χ0v) is 40.1. The van der Waals surface area contributed by atoms with Crippen LogP contribution in [0, 0.1) is 0 Å². The number of ether oxygens (including phenoxy) is 3. The zero-order valence-electron chi connectivity index (χ0n) is 38.0. The molecule has 13 heteroatoms. The van der Waals surface area contributed by atoms with Gasteiger partial charge in [-0.05, 0) is 133 Å². The first kappa shape index (κ1) is 50.4. The molecule has 6 aromatic rings. The van der Waals surface area contributed by atoms with Crippen molar-refractivity contribution in [2.75, 3.05) is 12.0 Å². The average molecular weight is 1010 g/mol. The maximum atomic E-state index is 13.5. The second-order valence-corrected chi connectivity index (χ2v) is 17.1. The van der Waals surface area contributed by atoms with Gasteiger partial charge in [0.1, 0.15) is 57.5 Å². The summed E-state index contributed by atoms with van der Waals surface area (Å²) in [6, 6.07) is 8.72. The second-order valence-electron chi connectivity index (χ2n) is 17.1. The summed E-state index contributed by atoms with van der Waals surface area (Å²) in [5.41, 5.74) is 4.14. The third-order valence-electron chi connectivity index (χ3n) is 10.8. The monoisotopic (exact) mass is 1010 g/mol. The summed E-state index contributed by atoms with van der Waals surface area (Å²) >= 11 is 2.15.